The minimum Gasteiger partial charge on any atom is -0.472 e. The molecular weight excluding hydrogens is 464 g/mol. The molecule has 11 atom stereocenters. The van der Waals surface area contributed by atoms with Gasteiger partial charge in [0.15, 0.2) is 6.29 Å². The Morgan fingerprint density at radius 2 is 1.80 bits per heavy atom. The first-order valence-corrected chi connectivity index (χ1v) is 11.4. The molecule has 0 spiro atoms. The molecule has 1 aromatic rings. The minimum atomic E-state index is -1.65. The molecule has 190 valence electrons. The molecule has 5 rings (SSSR count). The predicted molar refractivity (Wildman–Crippen MR) is 116 cm³/mol. The molecule has 1 aliphatic carbocycles. The Hall–Kier alpha value is -2.35. The summed E-state index contributed by atoms with van der Waals surface area (Å²) >= 11 is 0. The number of benzene rings is 1. The zero-order chi connectivity index (χ0) is 24.7. The van der Waals surface area contributed by atoms with E-state index in [1.165, 1.54) is 12.3 Å². The van der Waals surface area contributed by atoms with Crippen LogP contribution in [0.2, 0.25) is 0 Å². The number of hydrogen-bond acceptors (Lipinski definition) is 11. The molecule has 1 saturated carbocycles. The number of ether oxygens (including phenoxy) is 5. The van der Waals surface area contributed by atoms with Crippen LogP contribution in [0.1, 0.15) is 5.56 Å². The van der Waals surface area contributed by atoms with Crippen molar-refractivity contribution in [1.29, 1.82) is 0 Å². The molecule has 4 aliphatic rings. The predicted octanol–water partition coefficient (Wildman–Crippen LogP) is -1.33. The monoisotopic (exact) mass is 492 g/mol. The first-order valence-electron chi connectivity index (χ1n) is 11.4. The van der Waals surface area contributed by atoms with Crippen LogP contribution >= 0.6 is 0 Å². The topological polar surface area (TPSA) is 168 Å². The van der Waals surface area contributed by atoms with E-state index in [9.17, 15) is 30.3 Å². The van der Waals surface area contributed by atoms with Crippen molar-refractivity contribution < 1.29 is 54.0 Å². The summed E-state index contributed by atoms with van der Waals surface area (Å²) < 4.78 is 27.7. The van der Waals surface area contributed by atoms with Crippen molar-refractivity contribution in [3.8, 4) is 0 Å². The first kappa shape index (κ1) is 24.3. The molecule has 0 amide bonds. The maximum atomic E-state index is 12.1. The number of aliphatic hydroxyl groups excluding tert-OH is 5. The van der Waals surface area contributed by atoms with Crippen molar-refractivity contribution >= 4 is 12.0 Å². The molecule has 11 nitrogen and oxygen atoms in total. The van der Waals surface area contributed by atoms with Gasteiger partial charge in [0.1, 0.15) is 42.7 Å². The normalized spacial score (nSPS) is 43.9. The summed E-state index contributed by atoms with van der Waals surface area (Å²) in [5, 5.41) is 51.5. The smallest absolute Gasteiger partial charge is 0.330 e. The van der Waals surface area contributed by atoms with E-state index in [4.69, 9.17) is 23.7 Å². The van der Waals surface area contributed by atoms with Gasteiger partial charge in [0.05, 0.1) is 24.9 Å². The lowest BCUT2D eigenvalue weighted by atomic mass is 9.85. The summed E-state index contributed by atoms with van der Waals surface area (Å²) in [6, 6.07) is 9.11. The molecule has 3 heterocycles. The maximum Gasteiger partial charge on any atom is 0.330 e. The van der Waals surface area contributed by atoms with E-state index >= 15 is 0 Å². The van der Waals surface area contributed by atoms with Gasteiger partial charge < -0.3 is 49.2 Å². The third kappa shape index (κ3) is 4.39. The van der Waals surface area contributed by atoms with Crippen LogP contribution in [0.4, 0.5) is 0 Å². The number of epoxide rings is 1. The molecule has 0 aromatic heterocycles. The van der Waals surface area contributed by atoms with Crippen molar-refractivity contribution in [2.75, 3.05) is 13.2 Å². The lowest BCUT2D eigenvalue weighted by Gasteiger charge is -2.43. The van der Waals surface area contributed by atoms with Gasteiger partial charge in [-0.05, 0) is 17.7 Å². The zero-order valence-corrected chi connectivity index (χ0v) is 18.6. The summed E-state index contributed by atoms with van der Waals surface area (Å²) in [7, 11) is 0. The Bertz CT molecular complexity index is 967. The summed E-state index contributed by atoms with van der Waals surface area (Å²) in [4.78, 5) is 12.1. The van der Waals surface area contributed by atoms with Gasteiger partial charge in [-0.2, -0.15) is 0 Å². The van der Waals surface area contributed by atoms with Gasteiger partial charge in [-0.25, -0.2) is 4.79 Å². The van der Waals surface area contributed by atoms with Crippen molar-refractivity contribution in [2.45, 2.75) is 54.8 Å². The second-order valence-corrected chi connectivity index (χ2v) is 9.10. The van der Waals surface area contributed by atoms with Crippen LogP contribution in [0.5, 0.6) is 0 Å². The van der Waals surface area contributed by atoms with Crippen LogP contribution in [0.25, 0.3) is 6.08 Å². The van der Waals surface area contributed by atoms with E-state index < -0.39 is 79.2 Å². The third-order valence-electron chi connectivity index (χ3n) is 7.05. The molecule has 11 heteroatoms. The third-order valence-corrected chi connectivity index (χ3v) is 7.05. The molecule has 1 aromatic carbocycles. The van der Waals surface area contributed by atoms with E-state index in [2.05, 4.69) is 0 Å². The number of rotatable bonds is 7. The Kier molecular flexibility index (Phi) is 6.68. The molecule has 0 bridgehead atoms. The van der Waals surface area contributed by atoms with Gasteiger partial charge in [-0.15, -0.1) is 0 Å². The summed E-state index contributed by atoms with van der Waals surface area (Å²) in [5.41, 5.74) is -0.248. The van der Waals surface area contributed by atoms with Gasteiger partial charge in [0.2, 0.25) is 6.29 Å². The molecule has 3 aliphatic heterocycles. The Morgan fingerprint density at radius 3 is 2.54 bits per heavy atom. The number of aliphatic hydroxyl groups is 5. The fourth-order valence-electron chi connectivity index (χ4n) is 5.10. The lowest BCUT2D eigenvalue weighted by Crippen LogP contribution is -2.60. The zero-order valence-electron chi connectivity index (χ0n) is 18.6. The fourth-order valence-corrected chi connectivity index (χ4v) is 5.10. The fraction of sp³-hybridized carbons (Fsp3) is 0.542. The van der Waals surface area contributed by atoms with Gasteiger partial charge in [0.25, 0.3) is 0 Å². The number of fused-ring (bicyclic) bond motifs is 3. The number of carbonyl (C=O) groups is 1. The maximum absolute atomic E-state index is 12.1. The van der Waals surface area contributed by atoms with Gasteiger partial charge in [0, 0.05) is 12.0 Å². The number of hydrogen-bond donors (Lipinski definition) is 5. The van der Waals surface area contributed by atoms with Gasteiger partial charge in [-0.1, -0.05) is 30.3 Å². The van der Waals surface area contributed by atoms with Crippen molar-refractivity contribution in [1.82, 2.24) is 0 Å². The average Bonchev–Trinajstić information content (AvgIpc) is 3.57. The summed E-state index contributed by atoms with van der Waals surface area (Å²) in [5.74, 6) is -1.70. The van der Waals surface area contributed by atoms with E-state index in [1.807, 2.05) is 30.3 Å². The van der Waals surface area contributed by atoms with Crippen molar-refractivity contribution in [2.24, 2.45) is 11.8 Å². The van der Waals surface area contributed by atoms with Crippen molar-refractivity contribution in [3.63, 3.8) is 0 Å². The molecule has 5 unspecified atom stereocenters. The average molecular weight is 492 g/mol. The van der Waals surface area contributed by atoms with Gasteiger partial charge in [-0.3, -0.25) is 0 Å². The van der Waals surface area contributed by atoms with Crippen LogP contribution in [0, 0.1) is 11.8 Å². The minimum absolute atomic E-state index is 0.364. The van der Waals surface area contributed by atoms with Crippen LogP contribution in [-0.2, 0) is 28.5 Å². The Labute approximate surface area is 200 Å². The first-order chi connectivity index (χ1) is 16.9. The summed E-state index contributed by atoms with van der Waals surface area (Å²) in [6.45, 7) is -0.776. The molecule has 2 saturated heterocycles. The second kappa shape index (κ2) is 9.60. The van der Waals surface area contributed by atoms with Crippen LogP contribution in [-0.4, -0.2) is 99.5 Å². The van der Waals surface area contributed by atoms with Gasteiger partial charge >= 0.3 is 5.97 Å². The van der Waals surface area contributed by atoms with Crippen LogP contribution < -0.4 is 0 Å². The van der Waals surface area contributed by atoms with Crippen molar-refractivity contribution in [3.05, 3.63) is 54.3 Å². The number of carbonyl (C=O) groups excluding carboxylic acids is 1. The quantitative estimate of drug-likeness (QED) is 0.174. The van der Waals surface area contributed by atoms with E-state index in [1.54, 1.807) is 12.2 Å². The van der Waals surface area contributed by atoms with E-state index in [0.29, 0.717) is 0 Å². The van der Waals surface area contributed by atoms with E-state index in [0.717, 1.165) is 5.56 Å². The highest BCUT2D eigenvalue weighted by molar-refractivity contribution is 5.87. The van der Waals surface area contributed by atoms with Crippen LogP contribution in [0.3, 0.4) is 0 Å². The lowest BCUT2D eigenvalue weighted by molar-refractivity contribution is -0.344. The Morgan fingerprint density at radius 1 is 1.03 bits per heavy atom. The molecular formula is C24H28O11. The Balaban J connectivity index is 1.22. The highest BCUT2D eigenvalue weighted by atomic mass is 16.8. The number of esters is 1. The molecule has 35 heavy (non-hydrogen) atoms. The standard InChI is InChI=1S/C24H28O11/c25-11-24-16-13(17(27)21(24)35-24)8-9-31-22(16)34-23-20(30)19(29)18(28)14(33-23)10-32-15(26)7-6-12-4-2-1-3-5-12/h1-9,13-14,16-23,25,27-30H,10-11H2/b7-6+/t13-,14?,16-,17+,18?,19?,20?,21+,22+,23?,24-/m1/s1. The SMILES string of the molecule is O=C(/C=C/c1ccccc1)OCC1OC(O[C@@H]2OC=C[C@H]3[C@H](O)[C@@H]4O[C@]4(CO)[C@@H]23)C(O)C(O)C1O. The van der Waals surface area contributed by atoms with E-state index in [-0.39, 0.29) is 6.61 Å². The highest BCUT2D eigenvalue weighted by Crippen LogP contribution is 2.59. The van der Waals surface area contributed by atoms with Crippen LogP contribution in [0.15, 0.2) is 48.7 Å². The largest absolute Gasteiger partial charge is 0.472 e. The highest BCUT2D eigenvalue weighted by Gasteiger charge is 2.75. The summed E-state index contributed by atoms with van der Waals surface area (Å²) in [6.07, 6.45) is -4.23. The molecule has 0 radical (unpaired) electrons. The molecule has 5 N–H and O–H groups in total. The second-order valence-electron chi connectivity index (χ2n) is 9.10. The molecule has 3 fully saturated rings.